The SMILES string of the molecule is CNc1cc(C#Cc2cnc3ccc(C4CC4)nn23)ccn1. The van der Waals surface area contributed by atoms with Crippen molar-refractivity contribution in [2.45, 2.75) is 18.8 Å². The molecule has 1 saturated carbocycles. The number of rotatable bonds is 2. The van der Waals surface area contributed by atoms with Crippen LogP contribution in [0.1, 0.15) is 35.7 Å². The quantitative estimate of drug-likeness (QED) is 0.736. The van der Waals surface area contributed by atoms with Gasteiger partial charge < -0.3 is 5.32 Å². The molecule has 0 spiro atoms. The Bertz CT molecular complexity index is 896. The molecule has 0 amide bonds. The smallest absolute Gasteiger partial charge is 0.154 e. The third kappa shape index (κ3) is 2.40. The first-order valence-corrected chi connectivity index (χ1v) is 7.34. The number of pyridine rings is 1. The fourth-order valence-electron chi connectivity index (χ4n) is 2.35. The molecule has 3 heterocycles. The van der Waals surface area contributed by atoms with E-state index in [0.717, 1.165) is 28.4 Å². The number of aromatic nitrogens is 4. The molecule has 5 nitrogen and oxygen atoms in total. The number of hydrogen-bond acceptors (Lipinski definition) is 4. The molecule has 0 radical (unpaired) electrons. The van der Waals surface area contributed by atoms with Gasteiger partial charge in [0.05, 0.1) is 11.9 Å². The zero-order chi connectivity index (χ0) is 14.9. The Morgan fingerprint density at radius 1 is 1.18 bits per heavy atom. The first-order chi connectivity index (χ1) is 10.8. The highest BCUT2D eigenvalue weighted by Crippen LogP contribution is 2.38. The van der Waals surface area contributed by atoms with Crippen molar-refractivity contribution in [3.05, 3.63) is 53.6 Å². The topological polar surface area (TPSA) is 55.1 Å². The van der Waals surface area contributed by atoms with Crippen LogP contribution in [0, 0.1) is 11.8 Å². The van der Waals surface area contributed by atoms with E-state index in [2.05, 4.69) is 38.3 Å². The molecule has 1 aliphatic carbocycles. The molecule has 1 N–H and O–H groups in total. The molecule has 108 valence electrons. The van der Waals surface area contributed by atoms with Crippen LogP contribution in [-0.4, -0.2) is 26.6 Å². The molecule has 0 atom stereocenters. The molecule has 0 aliphatic heterocycles. The summed E-state index contributed by atoms with van der Waals surface area (Å²) in [7, 11) is 1.84. The summed E-state index contributed by atoms with van der Waals surface area (Å²) in [5.41, 5.74) is 3.68. The molecular weight excluding hydrogens is 274 g/mol. The summed E-state index contributed by atoms with van der Waals surface area (Å²) in [6, 6.07) is 7.88. The van der Waals surface area contributed by atoms with Crippen LogP contribution in [0.4, 0.5) is 5.82 Å². The predicted octanol–water partition coefficient (Wildman–Crippen LogP) is 2.44. The van der Waals surface area contributed by atoms with Crippen molar-refractivity contribution in [2.75, 3.05) is 12.4 Å². The van der Waals surface area contributed by atoms with Crippen LogP contribution in [0.5, 0.6) is 0 Å². The molecule has 0 unspecified atom stereocenters. The Morgan fingerprint density at radius 2 is 2.09 bits per heavy atom. The van der Waals surface area contributed by atoms with E-state index in [1.807, 2.05) is 29.8 Å². The third-order valence-corrected chi connectivity index (χ3v) is 3.73. The van der Waals surface area contributed by atoms with Gasteiger partial charge in [-0.05, 0) is 43.0 Å². The highest BCUT2D eigenvalue weighted by molar-refractivity contribution is 5.49. The van der Waals surface area contributed by atoms with E-state index < -0.39 is 0 Å². The number of nitrogens with zero attached hydrogens (tertiary/aromatic N) is 4. The molecule has 1 fully saturated rings. The van der Waals surface area contributed by atoms with Crippen molar-refractivity contribution in [1.29, 1.82) is 0 Å². The van der Waals surface area contributed by atoms with Gasteiger partial charge in [-0.15, -0.1) is 0 Å². The summed E-state index contributed by atoms with van der Waals surface area (Å²) in [6.07, 6.45) is 5.98. The van der Waals surface area contributed by atoms with Crippen molar-refractivity contribution >= 4 is 11.5 Å². The first-order valence-electron chi connectivity index (χ1n) is 7.34. The summed E-state index contributed by atoms with van der Waals surface area (Å²) in [5.74, 6) is 7.72. The number of imidazole rings is 1. The number of fused-ring (bicyclic) bond motifs is 1. The maximum Gasteiger partial charge on any atom is 0.154 e. The molecule has 3 aromatic heterocycles. The van der Waals surface area contributed by atoms with E-state index in [-0.39, 0.29) is 0 Å². The van der Waals surface area contributed by atoms with Crippen molar-refractivity contribution in [3.8, 4) is 11.8 Å². The molecule has 5 heteroatoms. The summed E-state index contributed by atoms with van der Waals surface area (Å²) >= 11 is 0. The van der Waals surface area contributed by atoms with Crippen LogP contribution in [0.2, 0.25) is 0 Å². The maximum absolute atomic E-state index is 4.67. The van der Waals surface area contributed by atoms with Crippen molar-refractivity contribution in [3.63, 3.8) is 0 Å². The van der Waals surface area contributed by atoms with Gasteiger partial charge in [-0.3, -0.25) is 0 Å². The molecule has 1 aliphatic rings. The molecule has 3 aromatic rings. The molecule has 4 rings (SSSR count). The first kappa shape index (κ1) is 12.8. The van der Waals surface area contributed by atoms with Gasteiger partial charge in [0.1, 0.15) is 11.5 Å². The van der Waals surface area contributed by atoms with Gasteiger partial charge in [0.2, 0.25) is 0 Å². The normalized spacial score (nSPS) is 13.7. The van der Waals surface area contributed by atoms with Gasteiger partial charge in [0.15, 0.2) is 5.65 Å². The van der Waals surface area contributed by atoms with Crippen LogP contribution in [0.15, 0.2) is 36.7 Å². The minimum Gasteiger partial charge on any atom is -0.373 e. The van der Waals surface area contributed by atoms with Crippen LogP contribution < -0.4 is 5.32 Å². The largest absolute Gasteiger partial charge is 0.373 e. The van der Waals surface area contributed by atoms with E-state index in [4.69, 9.17) is 0 Å². The average molecular weight is 289 g/mol. The van der Waals surface area contributed by atoms with Crippen LogP contribution in [0.25, 0.3) is 5.65 Å². The Morgan fingerprint density at radius 3 is 2.91 bits per heavy atom. The summed E-state index contributed by atoms with van der Waals surface area (Å²) in [5, 5.41) is 7.68. The second-order valence-electron chi connectivity index (χ2n) is 5.38. The second-order valence-corrected chi connectivity index (χ2v) is 5.38. The summed E-state index contributed by atoms with van der Waals surface area (Å²) in [6.45, 7) is 0. The zero-order valence-electron chi connectivity index (χ0n) is 12.2. The number of hydrogen-bond donors (Lipinski definition) is 1. The summed E-state index contributed by atoms with van der Waals surface area (Å²) < 4.78 is 1.83. The van der Waals surface area contributed by atoms with Gasteiger partial charge in [0, 0.05) is 24.7 Å². The Kier molecular flexibility index (Phi) is 3.01. The molecule has 0 aromatic carbocycles. The lowest BCUT2D eigenvalue weighted by Crippen LogP contribution is -1.98. The monoisotopic (exact) mass is 289 g/mol. The van der Waals surface area contributed by atoms with Gasteiger partial charge in [-0.2, -0.15) is 5.10 Å². The minimum absolute atomic E-state index is 0.617. The van der Waals surface area contributed by atoms with Crippen molar-refractivity contribution < 1.29 is 0 Å². The van der Waals surface area contributed by atoms with Crippen LogP contribution >= 0.6 is 0 Å². The molecular formula is C17H15N5. The van der Waals surface area contributed by atoms with Gasteiger partial charge in [0.25, 0.3) is 0 Å². The minimum atomic E-state index is 0.617. The number of nitrogens with one attached hydrogen (secondary N) is 1. The number of anilines is 1. The fourth-order valence-corrected chi connectivity index (χ4v) is 2.35. The highest BCUT2D eigenvalue weighted by atomic mass is 15.3. The van der Waals surface area contributed by atoms with Crippen LogP contribution in [0.3, 0.4) is 0 Å². The van der Waals surface area contributed by atoms with Crippen molar-refractivity contribution in [1.82, 2.24) is 19.6 Å². The summed E-state index contributed by atoms with van der Waals surface area (Å²) in [4.78, 5) is 8.54. The predicted molar refractivity (Wildman–Crippen MR) is 84.7 cm³/mol. The lowest BCUT2D eigenvalue weighted by molar-refractivity contribution is 0.848. The molecule has 22 heavy (non-hydrogen) atoms. The van der Waals surface area contributed by atoms with Gasteiger partial charge >= 0.3 is 0 Å². The molecule has 0 bridgehead atoms. The Hall–Kier alpha value is -2.87. The van der Waals surface area contributed by atoms with E-state index in [1.165, 1.54) is 12.8 Å². The van der Waals surface area contributed by atoms with E-state index in [0.29, 0.717) is 5.92 Å². The van der Waals surface area contributed by atoms with Crippen LogP contribution in [-0.2, 0) is 0 Å². The average Bonchev–Trinajstić information content (AvgIpc) is 3.34. The Balaban J connectivity index is 1.72. The van der Waals surface area contributed by atoms with E-state index in [9.17, 15) is 0 Å². The lowest BCUT2D eigenvalue weighted by atomic mass is 10.2. The second kappa shape index (κ2) is 5.15. The standard InChI is InChI=1S/C17H15N5/c1-18-16-10-12(8-9-19-16)2-5-14-11-20-17-7-6-15(13-3-4-13)21-22(14)17/h6-11,13H,3-4H2,1H3,(H,18,19). The highest BCUT2D eigenvalue weighted by Gasteiger charge is 2.25. The molecule has 0 saturated heterocycles. The Labute approximate surface area is 128 Å². The van der Waals surface area contributed by atoms with Gasteiger partial charge in [-0.1, -0.05) is 5.92 Å². The maximum atomic E-state index is 4.67. The fraction of sp³-hybridized carbons (Fsp3) is 0.235. The van der Waals surface area contributed by atoms with Crippen molar-refractivity contribution in [2.24, 2.45) is 0 Å². The zero-order valence-corrected chi connectivity index (χ0v) is 12.2. The third-order valence-electron chi connectivity index (χ3n) is 3.73. The van der Waals surface area contributed by atoms with E-state index >= 15 is 0 Å². The van der Waals surface area contributed by atoms with E-state index in [1.54, 1.807) is 12.4 Å². The lowest BCUT2D eigenvalue weighted by Gasteiger charge is -1.99. The van der Waals surface area contributed by atoms with Gasteiger partial charge in [-0.25, -0.2) is 14.5 Å².